The topological polar surface area (TPSA) is 86.3 Å². The van der Waals surface area contributed by atoms with Crippen LogP contribution >= 0.6 is 11.3 Å². The summed E-state index contributed by atoms with van der Waals surface area (Å²) in [7, 11) is 0. The van der Waals surface area contributed by atoms with Gasteiger partial charge in [0, 0.05) is 29.1 Å². The second-order valence-corrected chi connectivity index (χ2v) is 11.8. The van der Waals surface area contributed by atoms with E-state index in [4.69, 9.17) is 0 Å². The normalized spacial score (nSPS) is 12.7. The minimum Gasteiger partial charge on any atom is -0.406 e. The van der Waals surface area contributed by atoms with Crippen LogP contribution in [0.1, 0.15) is 55.0 Å². The largest absolute Gasteiger partial charge is 0.573 e. The maximum Gasteiger partial charge on any atom is 0.573 e. The van der Waals surface area contributed by atoms with E-state index in [-0.39, 0.29) is 17.7 Å². The minimum absolute atomic E-state index is 0.0706. The molecule has 2 heterocycles. The number of carbonyl (C=O) groups excluding carboxylic acids is 1. The van der Waals surface area contributed by atoms with Gasteiger partial charge in [-0.2, -0.15) is 4.99 Å². The van der Waals surface area contributed by atoms with Gasteiger partial charge in [0.25, 0.3) is 0 Å². The van der Waals surface area contributed by atoms with E-state index < -0.39 is 6.36 Å². The first kappa shape index (κ1) is 32.7. The van der Waals surface area contributed by atoms with Gasteiger partial charge in [0.15, 0.2) is 10.6 Å². The van der Waals surface area contributed by atoms with E-state index in [0.717, 1.165) is 47.3 Å². The van der Waals surface area contributed by atoms with Crippen LogP contribution in [0.25, 0.3) is 22.8 Å². The molecule has 1 atom stereocenters. The Kier molecular flexibility index (Phi) is 10.1. The molecule has 0 aliphatic rings. The molecule has 12 heteroatoms. The average Bonchev–Trinajstić information content (AvgIpc) is 3.65. The van der Waals surface area contributed by atoms with Crippen LogP contribution in [-0.2, 0) is 6.42 Å². The summed E-state index contributed by atoms with van der Waals surface area (Å²) < 4.78 is 44.8. The number of benzene rings is 3. The number of hydrogen-bond donors (Lipinski definition) is 1. The summed E-state index contributed by atoms with van der Waals surface area (Å²) >= 11 is 1.45. The van der Waals surface area contributed by atoms with Crippen LogP contribution in [0.2, 0.25) is 0 Å². The van der Waals surface area contributed by atoms with Crippen LogP contribution in [0.15, 0.2) is 83.4 Å². The monoisotopic (exact) mass is 648 g/mol. The first-order valence-electron chi connectivity index (χ1n) is 15.0. The third-order valence-electron chi connectivity index (χ3n) is 7.54. The number of carbonyl (C=O) groups is 1. The highest BCUT2D eigenvalue weighted by molar-refractivity contribution is 7.07. The molecule has 8 nitrogen and oxygen atoms in total. The van der Waals surface area contributed by atoms with Crippen molar-refractivity contribution >= 4 is 17.4 Å². The molecule has 0 spiro atoms. The van der Waals surface area contributed by atoms with Gasteiger partial charge < -0.3 is 10.1 Å². The smallest absolute Gasteiger partial charge is 0.406 e. The molecule has 0 radical (unpaired) electrons. The number of nitrogens with zero attached hydrogens (tertiary/aromatic N) is 5. The number of alkyl halides is 3. The van der Waals surface area contributed by atoms with Crippen LogP contribution in [0.5, 0.6) is 5.75 Å². The van der Waals surface area contributed by atoms with Crippen LogP contribution in [0.3, 0.4) is 0 Å². The Morgan fingerprint density at radius 3 is 2.46 bits per heavy atom. The Balaban J connectivity index is 1.25. The van der Waals surface area contributed by atoms with Crippen molar-refractivity contribution in [3.63, 3.8) is 0 Å². The van der Waals surface area contributed by atoms with Crippen molar-refractivity contribution in [2.75, 3.05) is 6.54 Å². The lowest BCUT2D eigenvalue weighted by Crippen LogP contribution is -2.28. The summed E-state index contributed by atoms with van der Waals surface area (Å²) in [6.07, 6.45) is -0.482. The number of aryl methyl sites for hydroxylation is 3. The zero-order valence-electron chi connectivity index (χ0n) is 26.0. The zero-order valence-corrected chi connectivity index (χ0v) is 26.8. The molecule has 2 amide bonds. The fourth-order valence-electron chi connectivity index (χ4n) is 5.19. The molecular formula is C34H35F3N6O2S. The molecule has 3 aromatic carbocycles. The Labute approximate surface area is 269 Å². The highest BCUT2D eigenvalue weighted by Crippen LogP contribution is 2.26. The van der Waals surface area contributed by atoms with Gasteiger partial charge in [0.05, 0.1) is 11.4 Å². The van der Waals surface area contributed by atoms with Crippen LogP contribution in [0, 0.1) is 13.8 Å². The van der Waals surface area contributed by atoms with Gasteiger partial charge in [0.1, 0.15) is 12.1 Å². The van der Waals surface area contributed by atoms with Crippen molar-refractivity contribution in [1.29, 1.82) is 0 Å². The van der Waals surface area contributed by atoms with Gasteiger partial charge in [-0.25, -0.2) is 14.5 Å². The summed E-state index contributed by atoms with van der Waals surface area (Å²) in [4.78, 5) is 22.4. The van der Waals surface area contributed by atoms with E-state index in [0.29, 0.717) is 22.9 Å². The van der Waals surface area contributed by atoms with Gasteiger partial charge in [-0.1, -0.05) is 56.7 Å². The molecular weight excluding hydrogens is 613 g/mol. The Morgan fingerprint density at radius 1 is 1.04 bits per heavy atom. The number of hydrogen-bond acceptors (Lipinski definition) is 5. The molecule has 0 aliphatic heterocycles. The second kappa shape index (κ2) is 14.2. The molecule has 0 bridgehead atoms. The molecule has 0 saturated heterocycles. The first-order chi connectivity index (χ1) is 22.0. The Bertz CT molecular complexity index is 1860. The third-order valence-corrected chi connectivity index (χ3v) is 8.48. The van der Waals surface area contributed by atoms with Gasteiger partial charge >= 0.3 is 12.4 Å². The molecule has 5 rings (SSSR count). The van der Waals surface area contributed by atoms with Gasteiger partial charge in [-0.05, 0) is 73.7 Å². The fourth-order valence-corrected chi connectivity index (χ4v) is 6.05. The molecule has 2 aromatic heterocycles. The number of nitrogens with one attached hydrogen (secondary N) is 1. The SMILES string of the molecule is CCCc1ccc(C)cc1-n1c(C)csc1=NC(=O)NCC(CC)c1ccc(-c2ncn(-c3ccc(OC(F)(F)F)cc3)n2)cc1. The Hall–Kier alpha value is -4.71. The van der Waals surface area contributed by atoms with Gasteiger partial charge in [0.2, 0.25) is 0 Å². The van der Waals surface area contributed by atoms with Crippen LogP contribution in [-0.4, -0.2) is 38.3 Å². The summed E-state index contributed by atoms with van der Waals surface area (Å²) in [6.45, 7) is 8.74. The maximum atomic E-state index is 13.0. The minimum atomic E-state index is -4.75. The van der Waals surface area contributed by atoms with Crippen molar-refractivity contribution in [3.05, 3.63) is 106 Å². The number of urea groups is 1. The molecule has 240 valence electrons. The standard InChI is InChI=1S/C34H35F3N6O2S/c1-5-7-26-9-8-22(3)18-30(26)43-23(4)20-46-33(43)40-32(44)38-19-24(6-2)25-10-12-27(13-11-25)31-39-21-42(41-31)28-14-16-29(17-15-28)45-34(35,36)37/h8-18,20-21,24H,5-7,19H2,1-4H3,(H,38,44). The van der Waals surface area contributed by atoms with E-state index >= 15 is 0 Å². The highest BCUT2D eigenvalue weighted by atomic mass is 32.1. The summed E-state index contributed by atoms with van der Waals surface area (Å²) in [5.74, 6) is 0.231. The van der Waals surface area contributed by atoms with Crippen molar-refractivity contribution in [2.45, 2.75) is 59.2 Å². The molecule has 0 aliphatic carbocycles. The number of halogens is 3. The Morgan fingerprint density at radius 2 is 1.78 bits per heavy atom. The van der Waals surface area contributed by atoms with Crippen molar-refractivity contribution < 1.29 is 22.7 Å². The fraction of sp³-hybridized carbons (Fsp3) is 0.294. The molecule has 1 N–H and O–H groups in total. The highest BCUT2D eigenvalue weighted by Gasteiger charge is 2.31. The maximum absolute atomic E-state index is 13.0. The lowest BCUT2D eigenvalue weighted by molar-refractivity contribution is -0.274. The van der Waals surface area contributed by atoms with Crippen LogP contribution < -0.4 is 14.9 Å². The van der Waals surface area contributed by atoms with Crippen molar-refractivity contribution in [1.82, 2.24) is 24.6 Å². The molecule has 46 heavy (non-hydrogen) atoms. The summed E-state index contributed by atoms with van der Waals surface area (Å²) in [5, 5.41) is 9.48. The van der Waals surface area contributed by atoms with Gasteiger partial charge in [-0.15, -0.1) is 29.6 Å². The number of amides is 2. The third kappa shape index (κ3) is 7.92. The number of thiazole rings is 1. The predicted octanol–water partition coefficient (Wildman–Crippen LogP) is 8.06. The van der Waals surface area contributed by atoms with E-state index in [9.17, 15) is 18.0 Å². The van der Waals surface area contributed by atoms with Crippen molar-refractivity contribution in [2.24, 2.45) is 4.99 Å². The molecule has 1 unspecified atom stereocenters. The van der Waals surface area contributed by atoms with Crippen LogP contribution in [0.4, 0.5) is 18.0 Å². The predicted molar refractivity (Wildman–Crippen MR) is 173 cm³/mol. The summed E-state index contributed by atoms with van der Waals surface area (Å²) in [6, 6.07) is 19.2. The lowest BCUT2D eigenvalue weighted by atomic mass is 9.95. The number of ether oxygens (including phenoxy) is 1. The lowest BCUT2D eigenvalue weighted by Gasteiger charge is -2.16. The van der Waals surface area contributed by atoms with E-state index in [1.54, 1.807) is 0 Å². The summed E-state index contributed by atoms with van der Waals surface area (Å²) in [5.41, 5.74) is 6.84. The second-order valence-electron chi connectivity index (χ2n) is 11.0. The number of rotatable bonds is 10. The molecule has 0 fully saturated rings. The van der Waals surface area contributed by atoms with Gasteiger partial charge in [-0.3, -0.25) is 4.57 Å². The average molecular weight is 649 g/mol. The zero-order chi connectivity index (χ0) is 32.8. The van der Waals surface area contributed by atoms with Crippen molar-refractivity contribution in [3.8, 4) is 28.5 Å². The van der Waals surface area contributed by atoms with E-state index in [1.807, 2.05) is 36.6 Å². The molecule has 0 saturated carbocycles. The first-order valence-corrected chi connectivity index (χ1v) is 15.9. The quantitative estimate of drug-likeness (QED) is 0.166. The van der Waals surface area contributed by atoms with E-state index in [2.05, 4.69) is 68.7 Å². The number of aromatic nitrogens is 4. The van der Waals surface area contributed by atoms with E-state index in [1.165, 1.54) is 52.2 Å². The molecule has 5 aromatic rings.